The molecule has 1 heterocycles. The molecule has 0 aromatic heterocycles. The van der Waals surface area contributed by atoms with Crippen molar-refractivity contribution in [2.45, 2.75) is 135 Å². The molecule has 2 N–H and O–H groups in total. The van der Waals surface area contributed by atoms with Crippen LogP contribution in [0, 0.1) is 0 Å². The minimum absolute atomic E-state index is 0.0907. The highest BCUT2D eigenvalue weighted by molar-refractivity contribution is 5.76. The first-order valence-electron chi connectivity index (χ1n) is 22.8. The van der Waals surface area contributed by atoms with E-state index in [9.17, 15) is 9.59 Å². The van der Waals surface area contributed by atoms with E-state index in [2.05, 4.69) is 175 Å². The number of ether oxygens (including phenoxy) is 1. The average molecular weight is 808 g/mol. The van der Waals surface area contributed by atoms with Crippen LogP contribution in [0.25, 0.3) is 0 Å². The average Bonchev–Trinajstić information content (AvgIpc) is 3.25. The summed E-state index contributed by atoms with van der Waals surface area (Å²) in [5.41, 5.74) is 0. The van der Waals surface area contributed by atoms with Gasteiger partial charge in [0.15, 0.2) is 0 Å². The highest BCUT2D eigenvalue weighted by Crippen LogP contribution is 2.11. The number of rotatable bonds is 35. The summed E-state index contributed by atoms with van der Waals surface area (Å²) in [6.45, 7) is 8.82. The first kappa shape index (κ1) is 52.8. The van der Waals surface area contributed by atoms with Crippen LogP contribution in [0.15, 0.2) is 146 Å². The van der Waals surface area contributed by atoms with Crippen LogP contribution in [0.4, 0.5) is 0 Å². The van der Waals surface area contributed by atoms with Crippen molar-refractivity contribution < 1.29 is 14.3 Å². The molecule has 6 nitrogen and oxygen atoms in total. The van der Waals surface area contributed by atoms with Crippen LogP contribution in [0.2, 0.25) is 0 Å². The van der Waals surface area contributed by atoms with Crippen molar-refractivity contribution in [2.24, 2.45) is 0 Å². The number of hydrogen-bond acceptors (Lipinski definition) is 4. The van der Waals surface area contributed by atoms with E-state index in [-0.39, 0.29) is 11.8 Å². The lowest BCUT2D eigenvalue weighted by atomic mass is 10.1. The Balaban J connectivity index is 2.16. The first-order chi connectivity index (χ1) is 29.2. The minimum atomic E-state index is 0.0907. The lowest BCUT2D eigenvalue weighted by Crippen LogP contribution is -2.46. The van der Waals surface area contributed by atoms with E-state index in [1.807, 2.05) is 0 Å². The van der Waals surface area contributed by atoms with Crippen LogP contribution >= 0.6 is 0 Å². The molecule has 1 aliphatic heterocycles. The summed E-state index contributed by atoms with van der Waals surface area (Å²) in [5.74, 6) is 0.181. The summed E-state index contributed by atoms with van der Waals surface area (Å²) >= 11 is 0. The van der Waals surface area contributed by atoms with E-state index in [4.69, 9.17) is 4.74 Å². The second-order valence-electron chi connectivity index (χ2n) is 14.5. The van der Waals surface area contributed by atoms with Crippen LogP contribution in [-0.4, -0.2) is 62.1 Å². The third-order valence-corrected chi connectivity index (χ3v) is 9.43. The van der Waals surface area contributed by atoms with Crippen molar-refractivity contribution in [3.05, 3.63) is 146 Å². The maximum atomic E-state index is 12.5. The Bertz CT molecular complexity index is 1290. The summed E-state index contributed by atoms with van der Waals surface area (Å²) in [6.07, 6.45) is 68.6. The first-order valence-corrected chi connectivity index (χ1v) is 22.8. The highest BCUT2D eigenvalue weighted by Gasteiger charge is 2.21. The maximum absolute atomic E-state index is 12.5. The Morgan fingerprint density at radius 2 is 0.712 bits per heavy atom. The van der Waals surface area contributed by atoms with E-state index in [1.165, 1.54) is 0 Å². The quantitative estimate of drug-likeness (QED) is 0.0626. The van der Waals surface area contributed by atoms with E-state index >= 15 is 0 Å². The largest absolute Gasteiger partial charge is 0.379 e. The summed E-state index contributed by atoms with van der Waals surface area (Å²) < 4.78 is 5.58. The molecule has 0 aliphatic carbocycles. The zero-order valence-corrected chi connectivity index (χ0v) is 37.1. The molecule has 0 aromatic rings. The molecule has 1 saturated heterocycles. The minimum Gasteiger partial charge on any atom is -0.379 e. The second kappa shape index (κ2) is 43.3. The number of allylic oxidation sites excluding steroid dienone is 24. The fourth-order valence-electron chi connectivity index (χ4n) is 6.09. The standard InChI is InChI=1S/C53H81N3O3/c1-3-5-7-9-11-13-15-17-19-21-23-25-27-29-31-33-35-37-39-41-52(57)54-45-43-51(56-47-49-59-50-48-56)44-46-55-53(58)42-40-38-36-34-32-30-28-26-24-22-20-18-16-14-12-10-8-6-4-2/h5-8,11-14,17-20,23-26,29-32,35-38,51H,3-4,9-10,15-16,21-22,27-28,33-34,39-50H2,1-2H3,(H,54,57)(H,55,58)/b7-5-,8-6-,13-11-,14-12-,19-17-,20-18-,25-23-,26-24-,31-29-,32-30-,37-35-,38-36-. The Morgan fingerprint density at radius 3 is 1.00 bits per heavy atom. The van der Waals surface area contributed by atoms with Gasteiger partial charge < -0.3 is 15.4 Å². The zero-order valence-electron chi connectivity index (χ0n) is 37.1. The van der Waals surface area contributed by atoms with Gasteiger partial charge in [0, 0.05) is 45.1 Å². The van der Waals surface area contributed by atoms with Crippen LogP contribution in [-0.2, 0) is 14.3 Å². The van der Waals surface area contributed by atoms with Gasteiger partial charge in [0.05, 0.1) is 13.2 Å². The Labute approximate surface area is 361 Å². The fraction of sp³-hybridized carbons (Fsp3) is 0.509. The molecule has 1 fully saturated rings. The lowest BCUT2D eigenvalue weighted by Gasteiger charge is -2.34. The molecule has 1 rings (SSSR count). The maximum Gasteiger partial charge on any atom is 0.220 e. The molecule has 326 valence electrons. The van der Waals surface area contributed by atoms with Gasteiger partial charge in [0.25, 0.3) is 0 Å². The zero-order chi connectivity index (χ0) is 42.4. The number of morpholine rings is 1. The summed E-state index contributed by atoms with van der Waals surface area (Å²) in [6, 6.07) is 0.297. The molecule has 2 amide bonds. The van der Waals surface area contributed by atoms with Gasteiger partial charge >= 0.3 is 0 Å². The molecule has 1 aliphatic rings. The Hall–Kier alpha value is -4.26. The van der Waals surface area contributed by atoms with Gasteiger partial charge in [-0.1, -0.05) is 160 Å². The number of amides is 2. The third kappa shape index (κ3) is 37.7. The van der Waals surface area contributed by atoms with Crippen molar-refractivity contribution >= 4 is 11.8 Å². The number of nitrogens with one attached hydrogen (secondary N) is 2. The SMILES string of the molecule is CC/C=C\C/C=C\C/C=C\C/C=C\C/C=C\C/C=C\CCC(=O)NCCC(CCNC(=O)CC/C=C\C/C=C\C/C=C\C/C=C\C/C=C\C/C=C\CC)N1CCOCC1. The molecule has 0 aromatic carbocycles. The van der Waals surface area contributed by atoms with Crippen molar-refractivity contribution in [3.8, 4) is 0 Å². The van der Waals surface area contributed by atoms with E-state index < -0.39 is 0 Å². The molecule has 0 radical (unpaired) electrons. The number of hydrogen-bond donors (Lipinski definition) is 2. The van der Waals surface area contributed by atoms with E-state index in [0.717, 1.165) is 129 Å². The molecule has 0 saturated carbocycles. The van der Waals surface area contributed by atoms with Gasteiger partial charge in [-0.05, 0) is 103 Å². The summed E-state index contributed by atoms with van der Waals surface area (Å²) in [5, 5.41) is 6.23. The van der Waals surface area contributed by atoms with Gasteiger partial charge in [0.2, 0.25) is 11.8 Å². The number of carbonyl (C=O) groups is 2. The molecule has 0 bridgehead atoms. The predicted molar refractivity (Wildman–Crippen MR) is 256 cm³/mol. The van der Waals surface area contributed by atoms with E-state index in [0.29, 0.717) is 32.0 Å². The predicted octanol–water partition coefficient (Wildman–Crippen LogP) is 12.7. The Morgan fingerprint density at radius 1 is 0.441 bits per heavy atom. The lowest BCUT2D eigenvalue weighted by molar-refractivity contribution is -0.121. The number of carbonyl (C=O) groups excluding carboxylic acids is 2. The van der Waals surface area contributed by atoms with Crippen LogP contribution in [0.3, 0.4) is 0 Å². The monoisotopic (exact) mass is 808 g/mol. The molecule has 0 spiro atoms. The van der Waals surface area contributed by atoms with Gasteiger partial charge in [-0.15, -0.1) is 0 Å². The molecular formula is C53H81N3O3. The molecular weight excluding hydrogens is 727 g/mol. The van der Waals surface area contributed by atoms with Gasteiger partial charge in [-0.25, -0.2) is 0 Å². The smallest absolute Gasteiger partial charge is 0.220 e. The van der Waals surface area contributed by atoms with Gasteiger partial charge in [0.1, 0.15) is 0 Å². The number of nitrogens with zero attached hydrogens (tertiary/aromatic N) is 1. The summed E-state index contributed by atoms with van der Waals surface area (Å²) in [4.78, 5) is 27.5. The highest BCUT2D eigenvalue weighted by atomic mass is 16.5. The van der Waals surface area contributed by atoms with E-state index in [1.54, 1.807) is 0 Å². The molecule has 0 unspecified atom stereocenters. The molecule has 0 atom stereocenters. The molecule has 59 heavy (non-hydrogen) atoms. The van der Waals surface area contributed by atoms with Crippen LogP contribution in [0.1, 0.15) is 129 Å². The van der Waals surface area contributed by atoms with Crippen molar-refractivity contribution in [2.75, 3.05) is 39.4 Å². The van der Waals surface area contributed by atoms with Crippen LogP contribution in [0.5, 0.6) is 0 Å². The second-order valence-corrected chi connectivity index (χ2v) is 14.5. The van der Waals surface area contributed by atoms with Crippen molar-refractivity contribution in [1.82, 2.24) is 15.5 Å². The topological polar surface area (TPSA) is 70.7 Å². The fourth-order valence-corrected chi connectivity index (χ4v) is 6.09. The van der Waals surface area contributed by atoms with Crippen molar-refractivity contribution in [1.29, 1.82) is 0 Å². The summed E-state index contributed by atoms with van der Waals surface area (Å²) in [7, 11) is 0. The van der Waals surface area contributed by atoms with Gasteiger partial charge in [-0.2, -0.15) is 0 Å². The molecule has 6 heteroatoms. The van der Waals surface area contributed by atoms with Crippen LogP contribution < -0.4 is 10.6 Å². The van der Waals surface area contributed by atoms with Gasteiger partial charge in [-0.3, -0.25) is 14.5 Å². The normalized spacial score (nSPS) is 15.0. The Kier molecular flexibility index (Phi) is 38.7. The van der Waals surface area contributed by atoms with Crippen molar-refractivity contribution in [3.63, 3.8) is 0 Å². The third-order valence-electron chi connectivity index (χ3n) is 9.43.